The predicted octanol–water partition coefficient (Wildman–Crippen LogP) is 2.78. The molecule has 0 fully saturated rings. The molecule has 0 bridgehead atoms. The van der Waals surface area contributed by atoms with Gasteiger partial charge in [0.05, 0.1) is 4.90 Å². The van der Waals surface area contributed by atoms with Crippen molar-refractivity contribution in [1.82, 2.24) is 4.72 Å². The smallest absolute Gasteiger partial charge is 0.341 e. The quantitative estimate of drug-likeness (QED) is 0.782. The number of halogens is 2. The van der Waals surface area contributed by atoms with Gasteiger partial charge in [-0.1, -0.05) is 12.1 Å². The summed E-state index contributed by atoms with van der Waals surface area (Å²) in [6.45, 7) is -0.505. The zero-order valence-corrected chi connectivity index (χ0v) is 14.9. The molecule has 1 aliphatic carbocycles. The molecule has 0 spiro atoms. The second kappa shape index (κ2) is 7.61. The first-order valence-corrected chi connectivity index (χ1v) is 9.69. The maximum Gasteiger partial charge on any atom is 0.341 e. The number of nitrogens with one attached hydrogen (secondary N) is 1. The van der Waals surface area contributed by atoms with Crippen molar-refractivity contribution in [1.29, 1.82) is 0 Å². The minimum atomic E-state index is -4.15. The van der Waals surface area contributed by atoms with Crippen LogP contribution in [0.2, 0.25) is 0 Å². The lowest BCUT2D eigenvalue weighted by molar-refractivity contribution is -0.139. The minimum Gasteiger partial charge on any atom is -0.482 e. The number of hydrogen-bond donors (Lipinski definition) is 2. The standard InChI is InChI=1S/C18H17F2NO5S/c19-11-7-12(20)9-13(8-11)27(24,25)21-16-5-1-4-15-14(16)3-2-6-17(15)26-10-18(22)23/h2-3,6-9,16,21H,1,4-5,10H2,(H,22,23). The normalized spacial score (nSPS) is 16.6. The van der Waals surface area contributed by atoms with Crippen LogP contribution in [-0.2, 0) is 21.2 Å². The van der Waals surface area contributed by atoms with E-state index in [-0.39, 0.29) is 0 Å². The molecule has 1 aliphatic rings. The summed E-state index contributed by atoms with van der Waals surface area (Å²) >= 11 is 0. The molecule has 9 heteroatoms. The Bertz CT molecular complexity index is 957. The lowest BCUT2D eigenvalue weighted by Crippen LogP contribution is -2.31. The van der Waals surface area contributed by atoms with Gasteiger partial charge in [0.1, 0.15) is 17.4 Å². The van der Waals surface area contributed by atoms with Gasteiger partial charge in [-0.15, -0.1) is 0 Å². The lowest BCUT2D eigenvalue weighted by atomic mass is 9.87. The third-order valence-corrected chi connectivity index (χ3v) is 5.71. The van der Waals surface area contributed by atoms with Crippen molar-refractivity contribution in [2.75, 3.05) is 6.61 Å². The Balaban J connectivity index is 1.89. The molecule has 3 rings (SSSR count). The molecule has 144 valence electrons. The molecule has 1 atom stereocenters. The van der Waals surface area contributed by atoms with Crippen molar-refractivity contribution < 1.29 is 31.8 Å². The van der Waals surface area contributed by atoms with Gasteiger partial charge in [-0.05, 0) is 48.6 Å². The molecule has 0 aliphatic heterocycles. The van der Waals surface area contributed by atoms with Gasteiger partial charge in [-0.3, -0.25) is 0 Å². The first-order chi connectivity index (χ1) is 12.8. The number of carboxylic acid groups (broad SMARTS) is 1. The lowest BCUT2D eigenvalue weighted by Gasteiger charge is -2.27. The molecular weight excluding hydrogens is 380 g/mol. The highest BCUT2D eigenvalue weighted by atomic mass is 32.2. The number of rotatable bonds is 6. The number of carbonyl (C=O) groups is 1. The Labute approximate surface area is 154 Å². The highest BCUT2D eigenvalue weighted by molar-refractivity contribution is 7.89. The maximum atomic E-state index is 13.4. The summed E-state index contributed by atoms with van der Waals surface area (Å²) in [5.41, 5.74) is 1.38. The summed E-state index contributed by atoms with van der Waals surface area (Å²) in [5.74, 6) is -2.70. The third-order valence-electron chi connectivity index (χ3n) is 4.26. The fraction of sp³-hybridized carbons (Fsp3) is 0.278. The largest absolute Gasteiger partial charge is 0.482 e. The number of sulfonamides is 1. The van der Waals surface area contributed by atoms with Crippen LogP contribution in [0.25, 0.3) is 0 Å². The van der Waals surface area contributed by atoms with E-state index in [4.69, 9.17) is 9.84 Å². The molecule has 0 saturated carbocycles. The number of benzene rings is 2. The van der Waals surface area contributed by atoms with Crippen LogP contribution in [0.15, 0.2) is 41.3 Å². The Morgan fingerprint density at radius 1 is 1.22 bits per heavy atom. The van der Waals surface area contributed by atoms with E-state index in [1.54, 1.807) is 18.2 Å². The van der Waals surface area contributed by atoms with Crippen LogP contribution in [-0.4, -0.2) is 26.1 Å². The Kier molecular flexibility index (Phi) is 5.43. The summed E-state index contributed by atoms with van der Waals surface area (Å²) in [7, 11) is -4.15. The van der Waals surface area contributed by atoms with Crippen molar-refractivity contribution in [3.05, 3.63) is 59.2 Å². The highest BCUT2D eigenvalue weighted by Gasteiger charge is 2.28. The number of aliphatic carboxylic acids is 1. The van der Waals surface area contributed by atoms with Crippen molar-refractivity contribution in [3.63, 3.8) is 0 Å². The van der Waals surface area contributed by atoms with Crippen LogP contribution in [0, 0.1) is 11.6 Å². The number of ether oxygens (including phenoxy) is 1. The molecule has 0 radical (unpaired) electrons. The summed E-state index contributed by atoms with van der Waals surface area (Å²) < 4.78 is 59.7. The molecule has 27 heavy (non-hydrogen) atoms. The molecule has 0 heterocycles. The van der Waals surface area contributed by atoms with E-state index in [1.807, 2.05) is 0 Å². The van der Waals surface area contributed by atoms with E-state index in [0.717, 1.165) is 17.7 Å². The van der Waals surface area contributed by atoms with Gasteiger partial charge in [-0.25, -0.2) is 26.7 Å². The predicted molar refractivity (Wildman–Crippen MR) is 91.9 cm³/mol. The van der Waals surface area contributed by atoms with Crippen LogP contribution < -0.4 is 9.46 Å². The van der Waals surface area contributed by atoms with Crippen LogP contribution in [0.4, 0.5) is 8.78 Å². The SMILES string of the molecule is O=C(O)COc1cccc2c1CCCC2NS(=O)(=O)c1cc(F)cc(F)c1. The Morgan fingerprint density at radius 3 is 2.59 bits per heavy atom. The van der Waals surface area contributed by atoms with Crippen molar-refractivity contribution in [2.24, 2.45) is 0 Å². The summed E-state index contributed by atoms with van der Waals surface area (Å²) in [6, 6.07) is 6.48. The fourth-order valence-corrected chi connectivity index (χ4v) is 4.44. The first kappa shape index (κ1) is 19.2. The average Bonchev–Trinajstić information content (AvgIpc) is 2.59. The average molecular weight is 397 g/mol. The van der Waals surface area contributed by atoms with E-state index in [9.17, 15) is 22.0 Å². The van der Waals surface area contributed by atoms with Crippen molar-refractivity contribution >= 4 is 16.0 Å². The molecule has 0 aromatic heterocycles. The van der Waals surface area contributed by atoms with E-state index < -0.39 is 45.2 Å². The highest BCUT2D eigenvalue weighted by Crippen LogP contribution is 2.36. The number of carboxylic acids is 1. The van der Waals surface area contributed by atoms with Gasteiger partial charge in [0.25, 0.3) is 0 Å². The van der Waals surface area contributed by atoms with Gasteiger partial charge >= 0.3 is 5.97 Å². The van der Waals surface area contributed by atoms with Gasteiger partial charge in [0, 0.05) is 12.1 Å². The zero-order chi connectivity index (χ0) is 19.6. The van der Waals surface area contributed by atoms with Crippen LogP contribution in [0.3, 0.4) is 0 Å². The van der Waals surface area contributed by atoms with Crippen molar-refractivity contribution in [2.45, 2.75) is 30.2 Å². The number of fused-ring (bicyclic) bond motifs is 1. The molecule has 2 aromatic rings. The molecule has 0 amide bonds. The minimum absolute atomic E-state index is 0.385. The zero-order valence-electron chi connectivity index (χ0n) is 14.1. The molecule has 6 nitrogen and oxygen atoms in total. The molecule has 1 unspecified atom stereocenters. The van der Waals surface area contributed by atoms with Gasteiger partial charge < -0.3 is 9.84 Å². The maximum absolute atomic E-state index is 13.4. The van der Waals surface area contributed by atoms with Gasteiger partial charge in [0.2, 0.25) is 10.0 Å². The van der Waals surface area contributed by atoms with Crippen molar-refractivity contribution in [3.8, 4) is 5.75 Å². The second-order valence-electron chi connectivity index (χ2n) is 6.18. The first-order valence-electron chi connectivity index (χ1n) is 8.21. The molecular formula is C18H17F2NO5S. The second-order valence-corrected chi connectivity index (χ2v) is 7.89. The summed E-state index contributed by atoms with van der Waals surface area (Å²) in [6.07, 6.45) is 1.75. The van der Waals surface area contributed by atoms with Crippen LogP contribution in [0.1, 0.15) is 30.0 Å². The van der Waals surface area contributed by atoms with Crippen LogP contribution >= 0.6 is 0 Å². The Morgan fingerprint density at radius 2 is 1.93 bits per heavy atom. The summed E-state index contributed by atoms with van der Waals surface area (Å²) in [4.78, 5) is 10.2. The van der Waals surface area contributed by atoms with E-state index in [1.165, 1.54) is 0 Å². The third kappa shape index (κ3) is 4.42. The van der Waals surface area contributed by atoms with E-state index >= 15 is 0 Å². The summed E-state index contributed by atoms with van der Waals surface area (Å²) in [5, 5.41) is 8.78. The van der Waals surface area contributed by atoms with Gasteiger partial charge in [-0.2, -0.15) is 0 Å². The fourth-order valence-electron chi connectivity index (χ4n) is 3.15. The van der Waals surface area contributed by atoms with Gasteiger partial charge in [0.15, 0.2) is 6.61 Å². The Hall–Kier alpha value is -2.52. The molecule has 0 saturated heterocycles. The topological polar surface area (TPSA) is 92.7 Å². The molecule has 2 N–H and O–H groups in total. The van der Waals surface area contributed by atoms with Crippen LogP contribution in [0.5, 0.6) is 5.75 Å². The molecule has 2 aromatic carbocycles. The van der Waals surface area contributed by atoms with E-state index in [2.05, 4.69) is 4.72 Å². The number of hydrogen-bond acceptors (Lipinski definition) is 4. The van der Waals surface area contributed by atoms with E-state index in [0.29, 0.717) is 36.6 Å². The monoisotopic (exact) mass is 397 g/mol.